The van der Waals surface area contributed by atoms with Crippen molar-refractivity contribution in [2.45, 2.75) is 24.8 Å². The summed E-state index contributed by atoms with van der Waals surface area (Å²) in [6.07, 6.45) is -1.63. The minimum atomic E-state index is -0.858. The molecule has 0 amide bonds. The lowest BCUT2D eigenvalue weighted by Crippen LogP contribution is -2.38. The van der Waals surface area contributed by atoms with E-state index in [0.717, 1.165) is 5.56 Å². The highest BCUT2D eigenvalue weighted by Crippen LogP contribution is 2.21. The van der Waals surface area contributed by atoms with Crippen molar-refractivity contribution in [3.8, 4) is 0 Å². The molecule has 1 aromatic carbocycles. The van der Waals surface area contributed by atoms with E-state index in [-0.39, 0.29) is 12.6 Å². The second-order valence-electron chi connectivity index (χ2n) is 4.36. The van der Waals surface area contributed by atoms with Gasteiger partial charge in [0.05, 0.1) is 24.9 Å². The summed E-state index contributed by atoms with van der Waals surface area (Å²) >= 11 is 2.25. The number of aliphatic hydroxyl groups excluding tert-OH is 3. The Bertz CT molecular complexity index is 371. The number of hydrogen-bond donors (Lipinski definition) is 3. The van der Waals surface area contributed by atoms with E-state index in [9.17, 15) is 15.3 Å². The van der Waals surface area contributed by atoms with Crippen molar-refractivity contribution >= 4 is 22.6 Å². The highest BCUT2D eigenvalue weighted by Gasteiger charge is 2.39. The van der Waals surface area contributed by atoms with Crippen molar-refractivity contribution in [3.05, 3.63) is 33.4 Å². The largest absolute Gasteiger partial charge is 0.395 e. The second-order valence-corrected chi connectivity index (χ2v) is 5.61. The van der Waals surface area contributed by atoms with Crippen molar-refractivity contribution in [2.75, 3.05) is 13.2 Å². The molecule has 1 aliphatic heterocycles. The van der Waals surface area contributed by atoms with E-state index in [2.05, 4.69) is 22.6 Å². The zero-order chi connectivity index (χ0) is 12.4. The first-order valence-electron chi connectivity index (χ1n) is 5.57. The molecular weight excluding hydrogens is 333 g/mol. The molecule has 1 saturated heterocycles. The van der Waals surface area contributed by atoms with Gasteiger partial charge in [-0.15, -0.1) is 0 Å². The monoisotopic (exact) mass is 349 g/mol. The van der Waals surface area contributed by atoms with E-state index < -0.39 is 12.2 Å². The van der Waals surface area contributed by atoms with Crippen LogP contribution >= 0.6 is 22.6 Å². The Labute approximate surface area is 114 Å². The van der Waals surface area contributed by atoms with Crippen LogP contribution in [0.3, 0.4) is 0 Å². The summed E-state index contributed by atoms with van der Waals surface area (Å²) in [5.74, 6) is 0. The van der Waals surface area contributed by atoms with Gasteiger partial charge in [-0.3, -0.25) is 4.90 Å². The first kappa shape index (κ1) is 13.2. The molecular formula is C12H16INO3. The number of benzene rings is 1. The van der Waals surface area contributed by atoms with E-state index in [1.807, 2.05) is 29.2 Å². The maximum atomic E-state index is 9.70. The molecule has 0 unspecified atom stereocenters. The molecule has 3 atom stereocenters. The van der Waals surface area contributed by atoms with Gasteiger partial charge in [-0.1, -0.05) is 12.1 Å². The Morgan fingerprint density at radius 1 is 1.24 bits per heavy atom. The Balaban J connectivity index is 2.05. The molecule has 1 heterocycles. The van der Waals surface area contributed by atoms with Crippen LogP contribution in [0, 0.1) is 3.57 Å². The van der Waals surface area contributed by atoms with Crippen LogP contribution in [0.4, 0.5) is 0 Å². The third-order valence-corrected chi connectivity index (χ3v) is 3.88. The second kappa shape index (κ2) is 5.62. The predicted molar refractivity (Wildman–Crippen MR) is 72.5 cm³/mol. The molecule has 0 radical (unpaired) electrons. The van der Waals surface area contributed by atoms with Crippen molar-refractivity contribution in [1.82, 2.24) is 4.90 Å². The van der Waals surface area contributed by atoms with Gasteiger partial charge >= 0.3 is 0 Å². The summed E-state index contributed by atoms with van der Waals surface area (Å²) in [6, 6.07) is 7.71. The SMILES string of the molecule is OC[C@@H]1[C@H](O)[C@H](O)CN1Cc1ccc(I)cc1. The number of halogens is 1. The molecule has 3 N–H and O–H groups in total. The fourth-order valence-electron chi connectivity index (χ4n) is 2.19. The maximum Gasteiger partial charge on any atom is 0.0988 e. The van der Waals surface area contributed by atoms with Crippen LogP contribution in [-0.4, -0.2) is 51.6 Å². The quantitative estimate of drug-likeness (QED) is 0.682. The van der Waals surface area contributed by atoms with Crippen molar-refractivity contribution in [1.29, 1.82) is 0 Å². The lowest BCUT2D eigenvalue weighted by atomic mass is 10.1. The molecule has 2 rings (SSSR count). The van der Waals surface area contributed by atoms with Gasteiger partial charge in [-0.2, -0.15) is 0 Å². The minimum Gasteiger partial charge on any atom is -0.395 e. The molecule has 0 bridgehead atoms. The summed E-state index contributed by atoms with van der Waals surface area (Å²) in [7, 11) is 0. The number of likely N-dealkylation sites (tertiary alicyclic amines) is 1. The van der Waals surface area contributed by atoms with Crippen LogP contribution in [0.5, 0.6) is 0 Å². The molecule has 0 aliphatic carbocycles. The lowest BCUT2D eigenvalue weighted by Gasteiger charge is -2.23. The normalized spacial score (nSPS) is 29.8. The van der Waals surface area contributed by atoms with Gasteiger partial charge < -0.3 is 15.3 Å². The third-order valence-electron chi connectivity index (χ3n) is 3.17. The topological polar surface area (TPSA) is 63.9 Å². The fraction of sp³-hybridized carbons (Fsp3) is 0.500. The molecule has 4 nitrogen and oxygen atoms in total. The highest BCUT2D eigenvalue weighted by molar-refractivity contribution is 14.1. The molecule has 1 aromatic rings. The zero-order valence-corrected chi connectivity index (χ0v) is 11.5. The summed E-state index contributed by atoms with van der Waals surface area (Å²) in [5.41, 5.74) is 1.12. The predicted octanol–water partition coefficient (Wildman–Crippen LogP) is 0.190. The smallest absolute Gasteiger partial charge is 0.0988 e. The van der Waals surface area contributed by atoms with Gasteiger partial charge in [0, 0.05) is 16.7 Å². The van der Waals surface area contributed by atoms with Crippen LogP contribution in [0.15, 0.2) is 24.3 Å². The molecule has 5 heteroatoms. The first-order valence-corrected chi connectivity index (χ1v) is 6.65. The van der Waals surface area contributed by atoms with E-state index in [4.69, 9.17) is 0 Å². The van der Waals surface area contributed by atoms with Crippen molar-refractivity contribution in [2.24, 2.45) is 0 Å². The highest BCUT2D eigenvalue weighted by atomic mass is 127. The minimum absolute atomic E-state index is 0.136. The van der Waals surface area contributed by atoms with Gasteiger partial charge in [0.1, 0.15) is 0 Å². The Morgan fingerprint density at radius 3 is 2.47 bits per heavy atom. The van der Waals surface area contributed by atoms with Crippen LogP contribution < -0.4 is 0 Å². The number of hydrogen-bond acceptors (Lipinski definition) is 4. The van der Waals surface area contributed by atoms with Gasteiger partial charge in [-0.25, -0.2) is 0 Å². The average molecular weight is 349 g/mol. The average Bonchev–Trinajstić information content (AvgIpc) is 2.58. The third kappa shape index (κ3) is 2.97. The van der Waals surface area contributed by atoms with Gasteiger partial charge in [0.2, 0.25) is 0 Å². The molecule has 94 valence electrons. The number of aliphatic hydroxyl groups is 3. The van der Waals surface area contributed by atoms with Gasteiger partial charge in [0.15, 0.2) is 0 Å². The molecule has 1 fully saturated rings. The first-order chi connectivity index (χ1) is 8.11. The van der Waals surface area contributed by atoms with Crippen LogP contribution in [-0.2, 0) is 6.54 Å². The molecule has 0 aromatic heterocycles. The summed E-state index contributed by atoms with van der Waals surface area (Å²) in [6.45, 7) is 0.900. The fourth-order valence-corrected chi connectivity index (χ4v) is 2.55. The number of rotatable bonds is 3. The van der Waals surface area contributed by atoms with E-state index in [1.165, 1.54) is 3.57 Å². The molecule has 0 spiro atoms. The maximum absolute atomic E-state index is 9.70. The molecule has 0 saturated carbocycles. The lowest BCUT2D eigenvalue weighted by molar-refractivity contribution is 0.0210. The summed E-state index contributed by atoms with van der Waals surface area (Å²) < 4.78 is 1.17. The Kier molecular flexibility index (Phi) is 4.37. The zero-order valence-electron chi connectivity index (χ0n) is 9.33. The standard InChI is InChI=1S/C12H16INO3/c13-9-3-1-8(2-4-9)5-14-6-11(16)12(17)10(14)7-15/h1-4,10-12,15-17H,5-7H2/t10-,11-,12+/m1/s1. The Morgan fingerprint density at radius 2 is 1.88 bits per heavy atom. The van der Waals surface area contributed by atoms with E-state index >= 15 is 0 Å². The molecule has 1 aliphatic rings. The van der Waals surface area contributed by atoms with Crippen molar-refractivity contribution in [3.63, 3.8) is 0 Å². The molecule has 17 heavy (non-hydrogen) atoms. The number of nitrogens with zero attached hydrogens (tertiary/aromatic N) is 1. The van der Waals surface area contributed by atoms with Crippen molar-refractivity contribution < 1.29 is 15.3 Å². The van der Waals surface area contributed by atoms with Gasteiger partial charge in [-0.05, 0) is 40.3 Å². The summed E-state index contributed by atoms with van der Waals surface area (Å²) in [4.78, 5) is 1.91. The van der Waals surface area contributed by atoms with Gasteiger partial charge in [0.25, 0.3) is 0 Å². The van der Waals surface area contributed by atoms with E-state index in [1.54, 1.807) is 0 Å². The Hall–Kier alpha value is -0.210. The van der Waals surface area contributed by atoms with Crippen LogP contribution in [0.25, 0.3) is 0 Å². The van der Waals surface area contributed by atoms with E-state index in [0.29, 0.717) is 13.1 Å². The number of β-amino-alcohol motifs (C(OH)–C–C–N with tert-alkyl or cyclic N) is 1. The summed E-state index contributed by atoms with van der Waals surface area (Å²) in [5, 5.41) is 28.5. The van der Waals surface area contributed by atoms with Crippen LogP contribution in [0.2, 0.25) is 0 Å². The van der Waals surface area contributed by atoms with Crippen LogP contribution in [0.1, 0.15) is 5.56 Å².